The number of aliphatic hydroxyl groups is 2. The van der Waals surface area contributed by atoms with Crippen molar-refractivity contribution in [1.29, 1.82) is 0 Å². The predicted octanol–water partition coefficient (Wildman–Crippen LogP) is 1.20. The summed E-state index contributed by atoms with van der Waals surface area (Å²) in [6.07, 6.45) is 4.04. The summed E-state index contributed by atoms with van der Waals surface area (Å²) in [5, 5.41) is 23.6. The Morgan fingerprint density at radius 2 is 1.35 bits per heavy atom. The lowest BCUT2D eigenvalue weighted by molar-refractivity contribution is 0.103. The molecular formula is C19H27N3O4. The fourth-order valence-electron chi connectivity index (χ4n) is 2.08. The van der Waals surface area contributed by atoms with E-state index in [-0.39, 0.29) is 36.2 Å². The van der Waals surface area contributed by atoms with E-state index < -0.39 is 0 Å². The third kappa shape index (κ3) is 8.04. The number of nitrogens with zero attached hydrogens (tertiary/aromatic N) is 1. The van der Waals surface area contributed by atoms with E-state index in [1.165, 1.54) is 12.2 Å². The predicted molar refractivity (Wildman–Crippen MR) is 99.8 cm³/mol. The quantitative estimate of drug-likeness (QED) is 0.251. The van der Waals surface area contributed by atoms with Crippen LogP contribution in [0.5, 0.6) is 0 Å². The van der Waals surface area contributed by atoms with Crippen LogP contribution in [-0.2, 0) is 0 Å². The molecule has 4 N–H and O–H groups in total. The van der Waals surface area contributed by atoms with Crippen molar-refractivity contribution in [3.8, 4) is 0 Å². The van der Waals surface area contributed by atoms with E-state index in [9.17, 15) is 9.59 Å². The number of ketones is 2. The molecule has 0 saturated carbocycles. The number of aliphatic hydroxyl groups excluding tert-OH is 2. The van der Waals surface area contributed by atoms with Gasteiger partial charge in [-0.15, -0.1) is 0 Å². The maximum Gasteiger partial charge on any atom is 0.205 e. The third-order valence-corrected chi connectivity index (χ3v) is 3.43. The molecule has 0 bridgehead atoms. The minimum atomic E-state index is -0.296. The molecule has 0 aromatic carbocycles. The standard InChI is InChI=1S/C19H27N3O4/c1-14(20-8-4-10-23)12-18(25)16-6-3-7-17(22-16)19(26)13-15(2)21-9-5-11-24/h3,6-7,12-13,20-21,23-24H,4-5,8-11H2,1-2H3. The van der Waals surface area contributed by atoms with E-state index in [4.69, 9.17) is 10.2 Å². The van der Waals surface area contributed by atoms with Crippen LogP contribution in [0.3, 0.4) is 0 Å². The first-order valence-corrected chi connectivity index (χ1v) is 8.59. The number of aromatic nitrogens is 1. The first-order chi connectivity index (χ1) is 12.5. The van der Waals surface area contributed by atoms with Crippen LogP contribution in [0.4, 0.5) is 0 Å². The summed E-state index contributed by atoms with van der Waals surface area (Å²) in [6.45, 7) is 4.84. The lowest BCUT2D eigenvalue weighted by Crippen LogP contribution is -2.16. The molecule has 1 aromatic heterocycles. The van der Waals surface area contributed by atoms with Gasteiger partial charge in [-0.05, 0) is 38.8 Å². The molecule has 7 heteroatoms. The highest BCUT2D eigenvalue weighted by Crippen LogP contribution is 2.05. The normalized spacial score (nSPS) is 12.0. The van der Waals surface area contributed by atoms with Crippen molar-refractivity contribution in [1.82, 2.24) is 15.6 Å². The molecule has 0 radical (unpaired) electrons. The Kier molecular flexibility index (Phi) is 9.89. The molecule has 0 fully saturated rings. The zero-order valence-corrected chi connectivity index (χ0v) is 15.3. The minimum Gasteiger partial charge on any atom is -0.396 e. The molecule has 1 aromatic rings. The summed E-state index contributed by atoms with van der Waals surface area (Å²) in [5.74, 6) is -0.592. The van der Waals surface area contributed by atoms with E-state index in [1.807, 2.05) is 0 Å². The molecule has 142 valence electrons. The van der Waals surface area contributed by atoms with Gasteiger partial charge >= 0.3 is 0 Å². The molecule has 1 rings (SSSR count). The average molecular weight is 361 g/mol. The second-order valence-electron chi connectivity index (χ2n) is 5.80. The van der Waals surface area contributed by atoms with E-state index in [0.717, 1.165) is 0 Å². The van der Waals surface area contributed by atoms with Crippen molar-refractivity contribution in [3.05, 3.63) is 53.1 Å². The van der Waals surface area contributed by atoms with Crippen molar-refractivity contribution < 1.29 is 19.8 Å². The van der Waals surface area contributed by atoms with Crippen molar-refractivity contribution in [2.24, 2.45) is 0 Å². The molecule has 0 aliphatic carbocycles. The number of hydrogen-bond donors (Lipinski definition) is 4. The van der Waals surface area contributed by atoms with Gasteiger partial charge in [0.25, 0.3) is 0 Å². The number of nitrogens with one attached hydrogen (secondary N) is 2. The fourth-order valence-corrected chi connectivity index (χ4v) is 2.08. The lowest BCUT2D eigenvalue weighted by Gasteiger charge is -2.06. The van der Waals surface area contributed by atoms with Crippen LogP contribution in [0.2, 0.25) is 0 Å². The molecule has 0 spiro atoms. The maximum atomic E-state index is 12.3. The summed E-state index contributed by atoms with van der Waals surface area (Å²) >= 11 is 0. The van der Waals surface area contributed by atoms with E-state index in [1.54, 1.807) is 32.0 Å². The number of hydrogen-bond acceptors (Lipinski definition) is 7. The Labute approximate surface area is 153 Å². The largest absolute Gasteiger partial charge is 0.396 e. The molecule has 0 atom stereocenters. The average Bonchev–Trinajstić information content (AvgIpc) is 2.62. The molecule has 0 aliphatic rings. The Morgan fingerprint density at radius 1 is 0.923 bits per heavy atom. The van der Waals surface area contributed by atoms with Gasteiger partial charge in [0, 0.05) is 49.8 Å². The van der Waals surface area contributed by atoms with Gasteiger partial charge in [0.15, 0.2) is 0 Å². The molecule has 0 aliphatic heterocycles. The molecule has 7 nitrogen and oxygen atoms in total. The molecule has 0 saturated heterocycles. The van der Waals surface area contributed by atoms with Crippen molar-refractivity contribution in [3.63, 3.8) is 0 Å². The number of pyridine rings is 1. The van der Waals surface area contributed by atoms with Gasteiger partial charge in [-0.25, -0.2) is 4.98 Å². The van der Waals surface area contributed by atoms with Gasteiger partial charge in [0.05, 0.1) is 0 Å². The van der Waals surface area contributed by atoms with Gasteiger partial charge < -0.3 is 20.8 Å². The Hall–Kier alpha value is -2.51. The van der Waals surface area contributed by atoms with Crippen molar-refractivity contribution in [2.45, 2.75) is 26.7 Å². The molecular weight excluding hydrogens is 334 g/mol. The number of rotatable bonds is 12. The van der Waals surface area contributed by atoms with Gasteiger partial charge in [-0.3, -0.25) is 9.59 Å². The Morgan fingerprint density at radius 3 is 1.73 bits per heavy atom. The zero-order chi connectivity index (χ0) is 19.4. The van der Waals surface area contributed by atoms with Crippen LogP contribution < -0.4 is 10.6 Å². The van der Waals surface area contributed by atoms with Crippen LogP contribution in [0.25, 0.3) is 0 Å². The highest BCUT2D eigenvalue weighted by Gasteiger charge is 2.10. The highest BCUT2D eigenvalue weighted by atomic mass is 16.3. The Balaban J connectivity index is 2.77. The van der Waals surface area contributed by atoms with E-state index in [0.29, 0.717) is 37.3 Å². The van der Waals surface area contributed by atoms with E-state index >= 15 is 0 Å². The van der Waals surface area contributed by atoms with Gasteiger partial charge in [0.1, 0.15) is 11.4 Å². The third-order valence-electron chi connectivity index (χ3n) is 3.43. The van der Waals surface area contributed by atoms with Crippen LogP contribution in [0.1, 0.15) is 47.7 Å². The van der Waals surface area contributed by atoms with Crippen LogP contribution >= 0.6 is 0 Å². The first kappa shape index (κ1) is 21.5. The molecule has 0 unspecified atom stereocenters. The summed E-state index contributed by atoms with van der Waals surface area (Å²) in [6, 6.07) is 4.75. The Bertz CT molecular complexity index is 615. The summed E-state index contributed by atoms with van der Waals surface area (Å²) in [4.78, 5) is 28.7. The highest BCUT2D eigenvalue weighted by molar-refractivity contribution is 6.06. The molecule has 0 amide bonds. The second-order valence-corrected chi connectivity index (χ2v) is 5.80. The fraction of sp³-hybridized carbons (Fsp3) is 0.421. The monoisotopic (exact) mass is 361 g/mol. The van der Waals surface area contributed by atoms with Crippen LogP contribution in [0, 0.1) is 0 Å². The lowest BCUT2D eigenvalue weighted by atomic mass is 10.1. The SMILES string of the molecule is CC(=CC(=O)c1cccc(C(=O)C=C(C)NCCCO)n1)NCCCO. The van der Waals surface area contributed by atoms with E-state index in [2.05, 4.69) is 15.6 Å². The maximum absolute atomic E-state index is 12.3. The van der Waals surface area contributed by atoms with Crippen molar-refractivity contribution >= 4 is 11.6 Å². The summed E-state index contributed by atoms with van der Waals surface area (Å²) < 4.78 is 0. The van der Waals surface area contributed by atoms with Gasteiger partial charge in [0.2, 0.25) is 11.6 Å². The first-order valence-electron chi connectivity index (χ1n) is 8.59. The molecule has 1 heterocycles. The van der Waals surface area contributed by atoms with Gasteiger partial charge in [-0.1, -0.05) is 6.07 Å². The number of carbonyl (C=O) groups excluding carboxylic acids is 2. The van der Waals surface area contributed by atoms with Crippen LogP contribution in [-0.4, -0.2) is 53.1 Å². The second kappa shape index (κ2) is 11.9. The van der Waals surface area contributed by atoms with Crippen molar-refractivity contribution in [2.75, 3.05) is 26.3 Å². The summed E-state index contributed by atoms with van der Waals surface area (Å²) in [7, 11) is 0. The number of allylic oxidation sites excluding steroid dienone is 4. The van der Waals surface area contributed by atoms with Gasteiger partial charge in [-0.2, -0.15) is 0 Å². The van der Waals surface area contributed by atoms with Crippen LogP contribution in [0.15, 0.2) is 41.7 Å². The smallest absolute Gasteiger partial charge is 0.205 e. The topological polar surface area (TPSA) is 112 Å². The zero-order valence-electron chi connectivity index (χ0n) is 15.3. The molecule has 26 heavy (non-hydrogen) atoms. The summed E-state index contributed by atoms with van der Waals surface area (Å²) in [5.41, 5.74) is 1.73. The number of carbonyl (C=O) groups is 2. The minimum absolute atomic E-state index is 0.0851.